The van der Waals surface area contributed by atoms with E-state index in [0.717, 1.165) is 12.8 Å². The molecule has 4 fully saturated rings. The summed E-state index contributed by atoms with van der Waals surface area (Å²) in [6.07, 6.45) is 3.10. The lowest BCUT2D eigenvalue weighted by molar-refractivity contribution is 0.0724. The molecule has 2 unspecified atom stereocenters. The molecule has 0 amide bonds. The molecule has 2 saturated heterocycles. The number of sulfonamides is 1. The van der Waals surface area contributed by atoms with Crippen molar-refractivity contribution in [1.29, 1.82) is 0 Å². The number of rotatable bonds is 0. The summed E-state index contributed by atoms with van der Waals surface area (Å²) >= 11 is 0. The summed E-state index contributed by atoms with van der Waals surface area (Å²) in [5.74, 6) is 0.946. The lowest BCUT2D eigenvalue weighted by Gasteiger charge is -2.36. The molecule has 0 radical (unpaired) electrons. The van der Waals surface area contributed by atoms with Crippen LogP contribution in [-0.4, -0.2) is 24.4 Å². The molecule has 2 aliphatic heterocycles. The SMILES string of the molecule is CC1(C)C2CC[C@]13CS(=O)(=O)N1O[C@@]13C2. The molecule has 0 aromatic rings. The standard InChI is InChI=1S/C10H15NO3S/c1-8(2)7-3-4-9(8)6-15(12,13)11-10(9,5-7)14-11/h7H,3-6H2,1-2H3/t7?,9-,10+,11?/m0/s1. The van der Waals surface area contributed by atoms with E-state index < -0.39 is 15.7 Å². The molecule has 2 saturated carbocycles. The van der Waals surface area contributed by atoms with Crippen molar-refractivity contribution in [3.05, 3.63) is 0 Å². The topological polar surface area (TPSA) is 49.7 Å². The van der Waals surface area contributed by atoms with Crippen molar-refractivity contribution in [3.8, 4) is 0 Å². The first-order valence-electron chi connectivity index (χ1n) is 5.58. The van der Waals surface area contributed by atoms with Gasteiger partial charge in [0, 0.05) is 5.41 Å². The van der Waals surface area contributed by atoms with E-state index in [1.165, 1.54) is 10.9 Å². The van der Waals surface area contributed by atoms with Gasteiger partial charge >= 0.3 is 0 Å². The van der Waals surface area contributed by atoms with E-state index in [0.29, 0.717) is 11.7 Å². The lowest BCUT2D eigenvalue weighted by Crippen LogP contribution is -2.41. The van der Waals surface area contributed by atoms with Gasteiger partial charge in [-0.2, -0.15) is 0 Å². The van der Waals surface area contributed by atoms with Crippen LogP contribution < -0.4 is 0 Å². The molecule has 5 heteroatoms. The van der Waals surface area contributed by atoms with Crippen LogP contribution >= 0.6 is 0 Å². The zero-order valence-corrected chi connectivity index (χ0v) is 9.80. The van der Waals surface area contributed by atoms with E-state index in [-0.39, 0.29) is 10.8 Å². The molecule has 0 aromatic heterocycles. The van der Waals surface area contributed by atoms with Crippen LogP contribution in [0.3, 0.4) is 0 Å². The summed E-state index contributed by atoms with van der Waals surface area (Å²) in [6.45, 7) is 4.44. The zero-order valence-electron chi connectivity index (χ0n) is 8.99. The van der Waals surface area contributed by atoms with E-state index >= 15 is 0 Å². The molecule has 2 spiro atoms. The maximum absolute atomic E-state index is 11.9. The van der Waals surface area contributed by atoms with Crippen LogP contribution in [0, 0.1) is 16.7 Å². The minimum atomic E-state index is -3.12. The van der Waals surface area contributed by atoms with E-state index in [2.05, 4.69) is 13.8 Å². The summed E-state index contributed by atoms with van der Waals surface area (Å²) < 4.78 is 25.1. The monoisotopic (exact) mass is 229 g/mol. The summed E-state index contributed by atoms with van der Waals surface area (Å²) in [7, 11) is -3.12. The highest BCUT2D eigenvalue weighted by Gasteiger charge is 2.88. The van der Waals surface area contributed by atoms with Crippen LogP contribution in [0.4, 0.5) is 0 Å². The average Bonchev–Trinajstić information content (AvgIpc) is 2.70. The van der Waals surface area contributed by atoms with Gasteiger partial charge < -0.3 is 0 Å². The fourth-order valence-corrected chi connectivity index (χ4v) is 7.01. The number of hydrogen-bond donors (Lipinski definition) is 0. The zero-order chi connectivity index (χ0) is 10.7. The predicted octanol–water partition coefficient (Wildman–Crippen LogP) is 1.10. The Kier molecular flexibility index (Phi) is 1.13. The fraction of sp³-hybridized carbons (Fsp3) is 1.00. The molecule has 0 N–H and O–H groups in total. The lowest BCUT2D eigenvalue weighted by atomic mass is 9.68. The van der Waals surface area contributed by atoms with Gasteiger partial charge in [-0.05, 0) is 35.1 Å². The summed E-state index contributed by atoms with van der Waals surface area (Å²) in [5, 5.41) is 0. The molecule has 2 aliphatic carbocycles. The fourth-order valence-electron chi connectivity index (χ4n) is 4.59. The predicted molar refractivity (Wildman–Crippen MR) is 53.0 cm³/mol. The van der Waals surface area contributed by atoms with E-state index in [1.807, 2.05) is 0 Å². The highest BCUT2D eigenvalue weighted by Crippen LogP contribution is 2.80. The van der Waals surface area contributed by atoms with Gasteiger partial charge in [0.15, 0.2) is 5.72 Å². The molecular weight excluding hydrogens is 214 g/mol. The molecule has 15 heavy (non-hydrogen) atoms. The summed E-state index contributed by atoms with van der Waals surface area (Å²) in [4.78, 5) is 5.49. The summed E-state index contributed by atoms with van der Waals surface area (Å²) in [5.41, 5.74) is -0.424. The highest BCUT2D eigenvalue weighted by atomic mass is 32.2. The minimum absolute atomic E-state index is 0.116. The third kappa shape index (κ3) is 0.626. The van der Waals surface area contributed by atoms with Crippen molar-refractivity contribution in [3.63, 3.8) is 0 Å². The van der Waals surface area contributed by atoms with Crippen molar-refractivity contribution in [2.75, 3.05) is 5.75 Å². The van der Waals surface area contributed by atoms with Crippen LogP contribution in [0.5, 0.6) is 0 Å². The van der Waals surface area contributed by atoms with Crippen molar-refractivity contribution in [1.82, 2.24) is 4.47 Å². The van der Waals surface area contributed by atoms with E-state index in [1.54, 1.807) is 0 Å². The number of hydrogen-bond acceptors (Lipinski definition) is 3. The van der Waals surface area contributed by atoms with Gasteiger partial charge in [0.25, 0.3) is 0 Å². The maximum atomic E-state index is 11.9. The van der Waals surface area contributed by atoms with Gasteiger partial charge in [0.1, 0.15) is 0 Å². The molecule has 2 bridgehead atoms. The van der Waals surface area contributed by atoms with Crippen LogP contribution in [0.25, 0.3) is 0 Å². The Labute approximate surface area is 89.6 Å². The van der Waals surface area contributed by atoms with Crippen LogP contribution in [0.2, 0.25) is 0 Å². The number of hydroxylamine groups is 1. The largest absolute Gasteiger partial charge is 0.255 e. The Balaban J connectivity index is 1.99. The van der Waals surface area contributed by atoms with Crippen LogP contribution in [0.15, 0.2) is 0 Å². The highest BCUT2D eigenvalue weighted by molar-refractivity contribution is 7.89. The van der Waals surface area contributed by atoms with E-state index in [9.17, 15) is 8.42 Å². The molecular formula is C10H15NO3S. The maximum Gasteiger partial charge on any atom is 0.239 e. The van der Waals surface area contributed by atoms with Crippen molar-refractivity contribution >= 4 is 10.0 Å². The van der Waals surface area contributed by atoms with Gasteiger partial charge in [-0.3, -0.25) is 4.84 Å². The van der Waals surface area contributed by atoms with Crippen molar-refractivity contribution in [2.24, 2.45) is 16.7 Å². The van der Waals surface area contributed by atoms with Crippen molar-refractivity contribution in [2.45, 2.75) is 38.8 Å². The second-order valence-corrected chi connectivity index (χ2v) is 7.89. The molecule has 4 atom stereocenters. The smallest absolute Gasteiger partial charge is 0.239 e. The molecule has 84 valence electrons. The van der Waals surface area contributed by atoms with Crippen molar-refractivity contribution < 1.29 is 13.3 Å². The Hall–Kier alpha value is -0.130. The molecule has 4 aliphatic rings. The summed E-state index contributed by atoms with van der Waals surface area (Å²) in [6, 6.07) is 0. The molecule has 2 heterocycles. The number of fused-ring (bicyclic) bond motifs is 1. The van der Waals surface area contributed by atoms with Gasteiger partial charge in [-0.1, -0.05) is 13.8 Å². The van der Waals surface area contributed by atoms with E-state index in [4.69, 9.17) is 4.84 Å². The van der Waals surface area contributed by atoms with Crippen LogP contribution in [0.1, 0.15) is 33.1 Å². The molecule has 4 rings (SSSR count). The quantitative estimate of drug-likeness (QED) is 0.584. The Bertz CT molecular complexity index is 471. The van der Waals surface area contributed by atoms with Gasteiger partial charge in [0.2, 0.25) is 10.0 Å². The normalized spacial score (nSPS) is 61.5. The molecule has 0 aromatic carbocycles. The molecule has 4 nitrogen and oxygen atoms in total. The second-order valence-electron chi connectivity index (χ2n) is 6.10. The average molecular weight is 229 g/mol. The first-order valence-corrected chi connectivity index (χ1v) is 7.19. The first kappa shape index (κ1) is 8.96. The van der Waals surface area contributed by atoms with Crippen LogP contribution in [-0.2, 0) is 14.9 Å². The second kappa shape index (κ2) is 1.89. The third-order valence-electron chi connectivity index (χ3n) is 5.62. The van der Waals surface area contributed by atoms with Gasteiger partial charge in [-0.15, -0.1) is 0 Å². The number of nitrogens with zero attached hydrogens (tertiary/aromatic N) is 1. The minimum Gasteiger partial charge on any atom is -0.255 e. The third-order valence-corrected chi connectivity index (χ3v) is 7.35. The Morgan fingerprint density at radius 1 is 1.40 bits per heavy atom. The van der Waals surface area contributed by atoms with Gasteiger partial charge in [0.05, 0.1) is 5.75 Å². The Morgan fingerprint density at radius 2 is 2.13 bits per heavy atom. The first-order chi connectivity index (χ1) is 6.86. The van der Waals surface area contributed by atoms with Gasteiger partial charge in [-0.25, -0.2) is 8.42 Å². The Morgan fingerprint density at radius 3 is 2.67 bits per heavy atom.